The van der Waals surface area contributed by atoms with Crippen LogP contribution in [0.5, 0.6) is 0 Å². The Labute approximate surface area is 97.5 Å². The number of aliphatic carboxylic acids is 1. The Kier molecular flexibility index (Phi) is 4.45. The molecule has 16 heavy (non-hydrogen) atoms. The Morgan fingerprint density at radius 3 is 2.81 bits per heavy atom. The topological polar surface area (TPSA) is 78.4 Å². The zero-order chi connectivity index (χ0) is 12.1. The molecule has 1 heterocycles. The van der Waals surface area contributed by atoms with Gasteiger partial charge in [0.1, 0.15) is 6.04 Å². The summed E-state index contributed by atoms with van der Waals surface area (Å²) in [6, 6.07) is 1.20. The highest BCUT2D eigenvalue weighted by atomic mass is 32.1. The van der Waals surface area contributed by atoms with Gasteiger partial charge in [-0.1, -0.05) is 0 Å². The molecule has 5 nitrogen and oxygen atoms in total. The molecule has 1 amide bonds. The van der Waals surface area contributed by atoms with Crippen LogP contribution in [-0.2, 0) is 16.1 Å². The highest BCUT2D eigenvalue weighted by molar-refractivity contribution is 7.10. The molecule has 0 aliphatic rings. The van der Waals surface area contributed by atoms with Crippen molar-refractivity contribution in [3.8, 4) is 0 Å². The van der Waals surface area contributed by atoms with E-state index in [-0.39, 0.29) is 5.91 Å². The Bertz CT molecular complexity index is 389. The van der Waals surface area contributed by atoms with E-state index in [9.17, 15) is 9.59 Å². The van der Waals surface area contributed by atoms with Gasteiger partial charge in [0.25, 0.3) is 0 Å². The third-order valence-corrected chi connectivity index (χ3v) is 2.92. The molecule has 3 N–H and O–H groups in total. The number of carbonyl (C=O) groups excluding carboxylic acids is 1. The van der Waals surface area contributed by atoms with Gasteiger partial charge < -0.3 is 10.4 Å². The summed E-state index contributed by atoms with van der Waals surface area (Å²) >= 11 is 1.48. The fraction of sp³-hybridized carbons (Fsp3) is 0.400. The average molecular weight is 242 g/mol. The van der Waals surface area contributed by atoms with E-state index >= 15 is 0 Å². The summed E-state index contributed by atoms with van der Waals surface area (Å²) < 4.78 is 0. The summed E-state index contributed by atoms with van der Waals surface area (Å²) in [4.78, 5) is 22.4. The second kappa shape index (κ2) is 5.62. The number of thiophene rings is 1. The maximum absolute atomic E-state index is 10.9. The summed E-state index contributed by atoms with van der Waals surface area (Å²) in [5.74, 6) is -1.02. The Hall–Kier alpha value is -1.40. The number of carboxylic acids is 1. The molecular weight excluding hydrogens is 228 g/mol. The van der Waals surface area contributed by atoms with Crippen LogP contribution in [0.25, 0.3) is 0 Å². The molecule has 0 fully saturated rings. The number of hydrogen-bond donors (Lipinski definition) is 3. The minimum Gasteiger partial charge on any atom is -0.480 e. The van der Waals surface area contributed by atoms with Gasteiger partial charge in [0.2, 0.25) is 5.91 Å². The summed E-state index contributed by atoms with van der Waals surface area (Å²) in [5.41, 5.74) is 0.739. The smallest absolute Gasteiger partial charge is 0.320 e. The Morgan fingerprint density at radius 1 is 1.56 bits per heavy atom. The second-order valence-corrected chi connectivity index (χ2v) is 4.38. The maximum Gasteiger partial charge on any atom is 0.320 e. The number of anilines is 1. The van der Waals surface area contributed by atoms with Crippen LogP contribution in [0, 0.1) is 0 Å². The predicted molar refractivity (Wildman–Crippen MR) is 62.6 cm³/mol. The first-order valence-corrected chi connectivity index (χ1v) is 5.69. The minimum absolute atomic E-state index is 0.133. The lowest BCUT2D eigenvalue weighted by atomic mass is 10.3. The van der Waals surface area contributed by atoms with Crippen LogP contribution in [0.1, 0.15) is 18.7 Å². The van der Waals surface area contributed by atoms with Crippen LogP contribution in [0.4, 0.5) is 5.69 Å². The van der Waals surface area contributed by atoms with Gasteiger partial charge in [-0.25, -0.2) is 0 Å². The number of carbonyl (C=O) groups is 2. The lowest BCUT2D eigenvalue weighted by Gasteiger charge is -2.09. The molecule has 0 saturated heterocycles. The van der Waals surface area contributed by atoms with Crippen LogP contribution < -0.4 is 10.6 Å². The van der Waals surface area contributed by atoms with E-state index < -0.39 is 12.0 Å². The molecular formula is C10H14N2O3S. The number of hydrogen-bond acceptors (Lipinski definition) is 4. The van der Waals surface area contributed by atoms with E-state index in [0.29, 0.717) is 6.54 Å². The fourth-order valence-electron chi connectivity index (χ4n) is 1.11. The molecule has 0 aromatic carbocycles. The lowest BCUT2D eigenvalue weighted by Crippen LogP contribution is -2.33. The molecule has 0 radical (unpaired) electrons. The van der Waals surface area contributed by atoms with Gasteiger partial charge in [0.05, 0.1) is 5.69 Å². The zero-order valence-electron chi connectivity index (χ0n) is 9.11. The molecule has 1 aromatic rings. The molecule has 6 heteroatoms. The van der Waals surface area contributed by atoms with Crippen molar-refractivity contribution in [2.24, 2.45) is 0 Å². The van der Waals surface area contributed by atoms with E-state index in [0.717, 1.165) is 10.6 Å². The normalized spacial score (nSPS) is 12.1. The third-order valence-electron chi connectivity index (χ3n) is 2.00. The molecule has 88 valence electrons. The van der Waals surface area contributed by atoms with Crippen molar-refractivity contribution in [2.75, 3.05) is 5.32 Å². The van der Waals surface area contributed by atoms with Gasteiger partial charge in [-0.05, 0) is 18.4 Å². The number of amides is 1. The van der Waals surface area contributed by atoms with Crippen molar-refractivity contribution in [1.29, 1.82) is 0 Å². The van der Waals surface area contributed by atoms with Crippen LogP contribution in [-0.4, -0.2) is 23.0 Å². The van der Waals surface area contributed by atoms with E-state index in [1.807, 2.05) is 5.38 Å². The van der Waals surface area contributed by atoms with E-state index in [1.54, 1.807) is 13.0 Å². The van der Waals surface area contributed by atoms with E-state index in [4.69, 9.17) is 5.11 Å². The number of carboxylic acid groups (broad SMARTS) is 1. The molecule has 0 aliphatic heterocycles. The predicted octanol–water partition coefficient (Wildman–Crippen LogP) is 1.27. The van der Waals surface area contributed by atoms with Crippen molar-refractivity contribution in [2.45, 2.75) is 26.4 Å². The van der Waals surface area contributed by atoms with Crippen LogP contribution >= 0.6 is 11.3 Å². The van der Waals surface area contributed by atoms with Gasteiger partial charge in [0.15, 0.2) is 0 Å². The zero-order valence-corrected chi connectivity index (χ0v) is 9.93. The van der Waals surface area contributed by atoms with Crippen LogP contribution in [0.15, 0.2) is 11.4 Å². The summed E-state index contributed by atoms with van der Waals surface area (Å²) in [6.07, 6.45) is 0. The third kappa shape index (κ3) is 3.63. The molecule has 1 rings (SSSR count). The van der Waals surface area contributed by atoms with Crippen LogP contribution in [0.3, 0.4) is 0 Å². The Balaban J connectivity index is 2.57. The van der Waals surface area contributed by atoms with Gasteiger partial charge in [0, 0.05) is 18.3 Å². The van der Waals surface area contributed by atoms with Crippen molar-refractivity contribution < 1.29 is 14.7 Å². The first-order valence-electron chi connectivity index (χ1n) is 4.81. The first-order chi connectivity index (χ1) is 7.50. The van der Waals surface area contributed by atoms with E-state index in [2.05, 4.69) is 10.6 Å². The fourth-order valence-corrected chi connectivity index (χ4v) is 1.89. The minimum atomic E-state index is -0.891. The lowest BCUT2D eigenvalue weighted by molar-refractivity contribution is -0.139. The van der Waals surface area contributed by atoms with Crippen molar-refractivity contribution >= 4 is 28.9 Å². The number of rotatable bonds is 5. The summed E-state index contributed by atoms with van der Waals surface area (Å²) in [6.45, 7) is 3.45. The number of nitrogens with one attached hydrogen (secondary N) is 2. The molecule has 0 spiro atoms. The van der Waals surface area contributed by atoms with Crippen LogP contribution in [0.2, 0.25) is 0 Å². The van der Waals surface area contributed by atoms with Gasteiger partial charge >= 0.3 is 5.97 Å². The maximum atomic E-state index is 10.9. The second-order valence-electron chi connectivity index (χ2n) is 3.38. The van der Waals surface area contributed by atoms with Crippen molar-refractivity contribution in [3.05, 3.63) is 16.3 Å². The highest BCUT2D eigenvalue weighted by Gasteiger charge is 2.11. The van der Waals surface area contributed by atoms with Gasteiger partial charge in [-0.15, -0.1) is 11.3 Å². The Morgan fingerprint density at radius 2 is 2.25 bits per heavy atom. The summed E-state index contributed by atoms with van der Waals surface area (Å²) in [5, 5.41) is 16.1. The quantitative estimate of drug-likeness (QED) is 0.726. The molecule has 1 unspecified atom stereocenters. The molecule has 0 bridgehead atoms. The molecule has 0 saturated carbocycles. The SMILES string of the molecule is CC(=O)Nc1ccsc1CNC(C)C(=O)O. The molecule has 1 atom stereocenters. The van der Waals surface area contributed by atoms with Gasteiger partial charge in [-0.3, -0.25) is 14.9 Å². The molecule has 0 aliphatic carbocycles. The standard InChI is InChI=1S/C10H14N2O3S/c1-6(10(14)15)11-5-9-8(3-4-16-9)12-7(2)13/h3-4,6,11H,5H2,1-2H3,(H,12,13)(H,14,15). The first kappa shape index (κ1) is 12.7. The summed E-state index contributed by atoms with van der Waals surface area (Å²) in [7, 11) is 0. The largest absolute Gasteiger partial charge is 0.480 e. The van der Waals surface area contributed by atoms with Crippen molar-refractivity contribution in [3.63, 3.8) is 0 Å². The van der Waals surface area contributed by atoms with Crippen molar-refractivity contribution in [1.82, 2.24) is 5.32 Å². The highest BCUT2D eigenvalue weighted by Crippen LogP contribution is 2.22. The van der Waals surface area contributed by atoms with Gasteiger partial charge in [-0.2, -0.15) is 0 Å². The molecule has 1 aromatic heterocycles. The van der Waals surface area contributed by atoms with E-state index in [1.165, 1.54) is 18.3 Å². The average Bonchev–Trinajstić information content (AvgIpc) is 2.60. The monoisotopic (exact) mass is 242 g/mol.